The SMILES string of the molecule is CNC1CCCC(Cc2ccc(Cl)c(F)c2)C1. The van der Waals surface area contributed by atoms with Gasteiger partial charge in [-0.2, -0.15) is 0 Å². The summed E-state index contributed by atoms with van der Waals surface area (Å²) < 4.78 is 13.3. The van der Waals surface area contributed by atoms with Crippen LogP contribution in [0.3, 0.4) is 0 Å². The van der Waals surface area contributed by atoms with Crippen LogP contribution in [-0.2, 0) is 6.42 Å². The maximum Gasteiger partial charge on any atom is 0.142 e. The third-order valence-electron chi connectivity index (χ3n) is 3.70. The van der Waals surface area contributed by atoms with E-state index in [1.54, 1.807) is 12.1 Å². The number of benzene rings is 1. The monoisotopic (exact) mass is 255 g/mol. The fourth-order valence-electron chi connectivity index (χ4n) is 2.74. The molecule has 2 unspecified atom stereocenters. The fourth-order valence-corrected chi connectivity index (χ4v) is 2.86. The Morgan fingerprint density at radius 3 is 2.94 bits per heavy atom. The average molecular weight is 256 g/mol. The molecule has 2 atom stereocenters. The smallest absolute Gasteiger partial charge is 0.142 e. The number of hydrogen-bond acceptors (Lipinski definition) is 1. The largest absolute Gasteiger partial charge is 0.317 e. The van der Waals surface area contributed by atoms with Crippen LogP contribution in [0.25, 0.3) is 0 Å². The summed E-state index contributed by atoms with van der Waals surface area (Å²) in [5.74, 6) is 0.368. The van der Waals surface area contributed by atoms with Gasteiger partial charge in [-0.05, 0) is 49.9 Å². The summed E-state index contributed by atoms with van der Waals surface area (Å²) in [5, 5.41) is 3.56. The quantitative estimate of drug-likeness (QED) is 0.866. The van der Waals surface area contributed by atoms with Crippen molar-refractivity contribution < 1.29 is 4.39 Å². The molecule has 1 aromatic carbocycles. The second-order valence-electron chi connectivity index (χ2n) is 4.97. The van der Waals surface area contributed by atoms with Crippen molar-refractivity contribution in [3.05, 3.63) is 34.6 Å². The minimum atomic E-state index is -0.301. The predicted octanol–water partition coefficient (Wildman–Crippen LogP) is 3.80. The Morgan fingerprint density at radius 1 is 1.41 bits per heavy atom. The van der Waals surface area contributed by atoms with Crippen molar-refractivity contribution >= 4 is 11.6 Å². The topological polar surface area (TPSA) is 12.0 Å². The maximum absolute atomic E-state index is 13.3. The van der Waals surface area contributed by atoms with E-state index in [0.29, 0.717) is 12.0 Å². The van der Waals surface area contributed by atoms with Crippen molar-refractivity contribution in [1.82, 2.24) is 5.32 Å². The molecule has 1 aliphatic rings. The molecule has 2 rings (SSSR count). The number of nitrogens with one attached hydrogen (secondary N) is 1. The number of rotatable bonds is 3. The second kappa shape index (κ2) is 5.83. The second-order valence-corrected chi connectivity index (χ2v) is 5.38. The first-order valence-electron chi connectivity index (χ1n) is 6.30. The van der Waals surface area contributed by atoms with Crippen LogP contribution in [0.1, 0.15) is 31.2 Å². The van der Waals surface area contributed by atoms with Crippen molar-refractivity contribution in [2.45, 2.75) is 38.1 Å². The van der Waals surface area contributed by atoms with Gasteiger partial charge in [0, 0.05) is 6.04 Å². The molecule has 0 saturated heterocycles. The molecule has 0 aromatic heterocycles. The molecule has 1 N–H and O–H groups in total. The first-order chi connectivity index (χ1) is 8.19. The summed E-state index contributed by atoms with van der Waals surface area (Å²) in [5.41, 5.74) is 1.06. The lowest BCUT2D eigenvalue weighted by Gasteiger charge is -2.29. The summed E-state index contributed by atoms with van der Waals surface area (Å²) in [4.78, 5) is 0. The Bertz CT molecular complexity index is 380. The molecule has 1 nitrogen and oxygen atoms in total. The summed E-state index contributed by atoms with van der Waals surface area (Å²) in [6, 6.07) is 5.80. The highest BCUT2D eigenvalue weighted by Gasteiger charge is 2.21. The molecule has 94 valence electrons. The van der Waals surface area contributed by atoms with Gasteiger partial charge in [0.1, 0.15) is 5.82 Å². The zero-order valence-electron chi connectivity index (χ0n) is 10.2. The molecule has 0 amide bonds. The Morgan fingerprint density at radius 2 is 2.24 bits per heavy atom. The highest BCUT2D eigenvalue weighted by molar-refractivity contribution is 6.30. The first kappa shape index (κ1) is 12.8. The predicted molar refractivity (Wildman–Crippen MR) is 69.9 cm³/mol. The normalized spacial score (nSPS) is 24.9. The lowest BCUT2D eigenvalue weighted by atomic mass is 9.82. The van der Waals surface area contributed by atoms with Gasteiger partial charge in [0.25, 0.3) is 0 Å². The minimum absolute atomic E-state index is 0.213. The first-order valence-corrected chi connectivity index (χ1v) is 6.68. The fraction of sp³-hybridized carbons (Fsp3) is 0.571. The lowest BCUT2D eigenvalue weighted by molar-refractivity contribution is 0.294. The van der Waals surface area contributed by atoms with E-state index in [9.17, 15) is 4.39 Å². The zero-order valence-corrected chi connectivity index (χ0v) is 10.9. The van der Waals surface area contributed by atoms with Gasteiger partial charge in [0.05, 0.1) is 5.02 Å². The third-order valence-corrected chi connectivity index (χ3v) is 4.01. The van der Waals surface area contributed by atoms with E-state index < -0.39 is 0 Å². The van der Waals surface area contributed by atoms with Gasteiger partial charge in [-0.3, -0.25) is 0 Å². The number of hydrogen-bond donors (Lipinski definition) is 1. The Kier molecular flexibility index (Phi) is 4.41. The van der Waals surface area contributed by atoms with Crippen LogP contribution in [0.4, 0.5) is 4.39 Å². The molecule has 1 saturated carbocycles. The molecule has 1 aliphatic carbocycles. The van der Waals surface area contributed by atoms with Gasteiger partial charge >= 0.3 is 0 Å². The van der Waals surface area contributed by atoms with E-state index in [4.69, 9.17) is 11.6 Å². The molecule has 3 heteroatoms. The zero-order chi connectivity index (χ0) is 12.3. The van der Waals surface area contributed by atoms with Crippen LogP contribution in [-0.4, -0.2) is 13.1 Å². The third kappa shape index (κ3) is 3.43. The van der Waals surface area contributed by atoms with Gasteiger partial charge < -0.3 is 5.32 Å². The molecule has 1 aromatic rings. The lowest BCUT2D eigenvalue weighted by Crippen LogP contribution is -2.31. The van der Waals surface area contributed by atoms with Crippen LogP contribution in [0.15, 0.2) is 18.2 Å². The van der Waals surface area contributed by atoms with E-state index >= 15 is 0 Å². The summed E-state index contributed by atoms with van der Waals surface area (Å²) in [7, 11) is 2.02. The van der Waals surface area contributed by atoms with E-state index in [0.717, 1.165) is 12.0 Å². The van der Waals surface area contributed by atoms with E-state index in [-0.39, 0.29) is 10.8 Å². The van der Waals surface area contributed by atoms with Crippen LogP contribution in [0.2, 0.25) is 5.02 Å². The standard InChI is InChI=1S/C14H19ClFN/c1-17-12-4-2-3-10(8-12)7-11-5-6-13(15)14(16)9-11/h5-6,9-10,12,17H,2-4,7-8H2,1H3. The molecule has 0 spiro atoms. The van der Waals surface area contributed by atoms with Gasteiger partial charge in [-0.1, -0.05) is 30.5 Å². The van der Waals surface area contributed by atoms with Crippen molar-refractivity contribution in [1.29, 1.82) is 0 Å². The van der Waals surface area contributed by atoms with Gasteiger partial charge in [0.15, 0.2) is 0 Å². The molecule has 0 bridgehead atoms. The van der Waals surface area contributed by atoms with Crippen molar-refractivity contribution in [3.63, 3.8) is 0 Å². The molecular formula is C14H19ClFN. The van der Waals surface area contributed by atoms with Crippen LogP contribution < -0.4 is 5.32 Å². The Labute approximate surface area is 107 Å². The molecule has 0 radical (unpaired) electrons. The molecule has 1 fully saturated rings. The Balaban J connectivity index is 1.97. The van der Waals surface area contributed by atoms with Gasteiger partial charge in [0.2, 0.25) is 0 Å². The van der Waals surface area contributed by atoms with Crippen molar-refractivity contribution in [2.75, 3.05) is 7.05 Å². The molecule has 0 aliphatic heterocycles. The van der Waals surface area contributed by atoms with E-state index in [2.05, 4.69) is 5.32 Å². The van der Waals surface area contributed by atoms with Crippen LogP contribution in [0, 0.1) is 11.7 Å². The van der Waals surface area contributed by atoms with Crippen LogP contribution in [0.5, 0.6) is 0 Å². The highest BCUT2D eigenvalue weighted by Crippen LogP contribution is 2.28. The van der Waals surface area contributed by atoms with Crippen molar-refractivity contribution in [3.8, 4) is 0 Å². The van der Waals surface area contributed by atoms with E-state index in [1.807, 2.05) is 13.1 Å². The van der Waals surface area contributed by atoms with Gasteiger partial charge in [-0.25, -0.2) is 4.39 Å². The maximum atomic E-state index is 13.3. The summed E-state index contributed by atoms with van der Waals surface area (Å²) in [6.07, 6.45) is 5.95. The summed E-state index contributed by atoms with van der Waals surface area (Å²) >= 11 is 5.68. The highest BCUT2D eigenvalue weighted by atomic mass is 35.5. The van der Waals surface area contributed by atoms with Crippen molar-refractivity contribution in [2.24, 2.45) is 5.92 Å². The summed E-state index contributed by atoms with van der Waals surface area (Å²) in [6.45, 7) is 0. The molecule has 0 heterocycles. The molecular weight excluding hydrogens is 237 g/mol. The van der Waals surface area contributed by atoms with Gasteiger partial charge in [-0.15, -0.1) is 0 Å². The van der Waals surface area contributed by atoms with Crippen LogP contribution >= 0.6 is 11.6 Å². The Hall–Kier alpha value is -0.600. The average Bonchev–Trinajstić information content (AvgIpc) is 2.34. The molecule has 17 heavy (non-hydrogen) atoms. The number of halogens is 2. The minimum Gasteiger partial charge on any atom is -0.317 e. The van der Waals surface area contributed by atoms with E-state index in [1.165, 1.54) is 25.7 Å².